The molecule has 1 aromatic carbocycles. The highest BCUT2D eigenvalue weighted by Gasteiger charge is 2.27. The van der Waals surface area contributed by atoms with Crippen molar-refractivity contribution >= 4 is 42.3 Å². The van der Waals surface area contributed by atoms with Crippen LogP contribution in [0, 0.1) is 5.92 Å². The van der Waals surface area contributed by atoms with Gasteiger partial charge in [-0.3, -0.25) is 9.59 Å². The summed E-state index contributed by atoms with van der Waals surface area (Å²) in [4.78, 5) is 29.6. The molecule has 2 aliphatic rings. The van der Waals surface area contributed by atoms with Crippen LogP contribution in [0.5, 0.6) is 5.75 Å². The van der Waals surface area contributed by atoms with Gasteiger partial charge in [0.2, 0.25) is 5.91 Å². The molecule has 1 saturated heterocycles. The summed E-state index contributed by atoms with van der Waals surface area (Å²) in [6.07, 6.45) is 3.50. The van der Waals surface area contributed by atoms with Crippen LogP contribution >= 0.6 is 24.8 Å². The van der Waals surface area contributed by atoms with Crippen LogP contribution < -0.4 is 15.8 Å². The van der Waals surface area contributed by atoms with Crippen molar-refractivity contribution in [3.05, 3.63) is 23.8 Å². The van der Waals surface area contributed by atoms with Gasteiger partial charge in [-0.2, -0.15) is 0 Å². The number of halogens is 2. The summed E-state index contributed by atoms with van der Waals surface area (Å²) in [6.45, 7) is 3.16. The number of rotatable bonds is 4. The number of ether oxygens (including phenoxy) is 1. The maximum Gasteiger partial charge on any atom is 0.254 e. The van der Waals surface area contributed by atoms with Crippen molar-refractivity contribution in [2.24, 2.45) is 11.7 Å². The first-order chi connectivity index (χ1) is 13.0. The molecule has 9 heteroatoms. The molecule has 0 bridgehead atoms. The van der Waals surface area contributed by atoms with Crippen molar-refractivity contribution in [3.8, 4) is 5.75 Å². The van der Waals surface area contributed by atoms with Gasteiger partial charge in [-0.15, -0.1) is 24.8 Å². The molecular weight excluding hydrogens is 415 g/mol. The molecule has 1 saturated carbocycles. The van der Waals surface area contributed by atoms with Crippen molar-refractivity contribution in [2.45, 2.75) is 31.7 Å². The number of likely N-dealkylation sites (N-methyl/N-ethyl adjacent to an activating group) is 1. The number of carbonyl (C=O) groups excluding carboxylic acids is 2. The normalized spacial score (nSPS) is 22.1. The molecule has 1 aliphatic heterocycles. The summed E-state index contributed by atoms with van der Waals surface area (Å²) >= 11 is 0. The number of carbonyl (C=O) groups is 2. The fourth-order valence-corrected chi connectivity index (χ4v) is 3.83. The molecule has 2 atom stereocenters. The third-order valence-corrected chi connectivity index (χ3v) is 5.58. The van der Waals surface area contributed by atoms with E-state index in [1.807, 2.05) is 4.90 Å². The van der Waals surface area contributed by atoms with E-state index in [1.54, 1.807) is 25.3 Å². The molecule has 7 nitrogen and oxygen atoms in total. The second-order valence-corrected chi connectivity index (χ2v) is 7.62. The lowest BCUT2D eigenvalue weighted by Crippen LogP contribution is -2.47. The molecule has 3 N–H and O–H groups in total. The molecule has 3 rings (SSSR count). The monoisotopic (exact) mass is 446 g/mol. The van der Waals surface area contributed by atoms with E-state index in [2.05, 4.69) is 17.3 Å². The second kappa shape index (κ2) is 11.6. The quantitative estimate of drug-likeness (QED) is 0.740. The van der Waals surface area contributed by atoms with Crippen molar-refractivity contribution in [1.82, 2.24) is 9.80 Å². The number of hydrogen-bond acceptors (Lipinski definition) is 5. The first-order valence-corrected chi connectivity index (χ1v) is 9.70. The van der Waals surface area contributed by atoms with Crippen LogP contribution in [0.25, 0.3) is 0 Å². The fourth-order valence-electron chi connectivity index (χ4n) is 3.83. The molecule has 1 heterocycles. The largest absolute Gasteiger partial charge is 0.495 e. The highest BCUT2D eigenvalue weighted by atomic mass is 35.5. The molecule has 164 valence electrons. The Labute approximate surface area is 185 Å². The van der Waals surface area contributed by atoms with Crippen LogP contribution in [0.4, 0.5) is 5.69 Å². The van der Waals surface area contributed by atoms with Crippen molar-refractivity contribution in [3.63, 3.8) is 0 Å². The van der Waals surface area contributed by atoms with Gasteiger partial charge in [0.05, 0.1) is 12.8 Å². The Balaban J connectivity index is 0.00000210. The van der Waals surface area contributed by atoms with E-state index in [0.29, 0.717) is 36.5 Å². The lowest BCUT2D eigenvalue weighted by Gasteiger charge is -2.32. The average Bonchev–Trinajstić information content (AvgIpc) is 2.68. The lowest BCUT2D eigenvalue weighted by atomic mass is 9.85. The molecule has 2 fully saturated rings. The number of methoxy groups -OCH3 is 1. The van der Waals surface area contributed by atoms with Gasteiger partial charge in [0, 0.05) is 43.7 Å². The van der Waals surface area contributed by atoms with Gasteiger partial charge < -0.3 is 25.6 Å². The molecule has 0 spiro atoms. The van der Waals surface area contributed by atoms with E-state index in [4.69, 9.17) is 10.5 Å². The van der Waals surface area contributed by atoms with Crippen molar-refractivity contribution in [1.29, 1.82) is 0 Å². The van der Waals surface area contributed by atoms with E-state index in [-0.39, 0.29) is 48.6 Å². The van der Waals surface area contributed by atoms with Crippen LogP contribution in [-0.2, 0) is 4.79 Å². The number of hydrogen-bond donors (Lipinski definition) is 2. The molecule has 0 radical (unpaired) electrons. The highest BCUT2D eigenvalue weighted by Crippen LogP contribution is 2.29. The summed E-state index contributed by atoms with van der Waals surface area (Å²) in [5.41, 5.74) is 7.12. The topological polar surface area (TPSA) is 87.9 Å². The van der Waals surface area contributed by atoms with E-state index in [9.17, 15) is 9.59 Å². The zero-order valence-electron chi connectivity index (χ0n) is 17.1. The maximum atomic E-state index is 12.8. The average molecular weight is 447 g/mol. The number of benzene rings is 1. The molecular formula is C20H32Cl2N4O3. The number of amides is 2. The zero-order chi connectivity index (χ0) is 19.4. The van der Waals surface area contributed by atoms with Crippen LogP contribution in [-0.4, -0.2) is 68.0 Å². The molecule has 2 unspecified atom stereocenters. The zero-order valence-corrected chi connectivity index (χ0v) is 18.7. The Bertz CT molecular complexity index is 696. The predicted molar refractivity (Wildman–Crippen MR) is 119 cm³/mol. The smallest absolute Gasteiger partial charge is 0.254 e. The van der Waals surface area contributed by atoms with Gasteiger partial charge in [-0.05, 0) is 44.5 Å². The molecule has 1 aromatic rings. The first kappa shape index (κ1) is 25.5. The number of nitrogens with one attached hydrogen (secondary N) is 1. The number of anilines is 1. The number of nitrogens with two attached hydrogens (primary N) is 1. The Kier molecular flexibility index (Phi) is 10.2. The first-order valence-electron chi connectivity index (χ1n) is 9.70. The Morgan fingerprint density at radius 1 is 1.14 bits per heavy atom. The summed E-state index contributed by atoms with van der Waals surface area (Å²) in [5, 5.41) is 2.96. The Morgan fingerprint density at radius 2 is 1.83 bits per heavy atom. The van der Waals surface area contributed by atoms with E-state index >= 15 is 0 Å². The minimum Gasteiger partial charge on any atom is -0.495 e. The summed E-state index contributed by atoms with van der Waals surface area (Å²) in [5.74, 6) is 0.405. The minimum absolute atomic E-state index is 0. The fraction of sp³-hybridized carbons (Fsp3) is 0.600. The molecule has 29 heavy (non-hydrogen) atoms. The van der Waals surface area contributed by atoms with Crippen LogP contribution in [0.2, 0.25) is 0 Å². The minimum atomic E-state index is -0.0876. The van der Waals surface area contributed by atoms with E-state index in [1.165, 1.54) is 0 Å². The third kappa shape index (κ3) is 6.47. The van der Waals surface area contributed by atoms with Crippen molar-refractivity contribution < 1.29 is 14.3 Å². The third-order valence-electron chi connectivity index (χ3n) is 5.58. The standard InChI is InChI=1S/C20H30N4O3.2ClH/c1-23-8-10-24(11-9-23)20(26)15-6-7-18(27-2)17(13-15)22-19(25)14-4-3-5-16(21)12-14;;/h6-7,13-14,16H,3-5,8-12,21H2,1-2H3,(H,22,25);2*1H. The van der Waals surface area contributed by atoms with Gasteiger partial charge in [-0.1, -0.05) is 6.42 Å². The Morgan fingerprint density at radius 3 is 2.45 bits per heavy atom. The van der Waals surface area contributed by atoms with Crippen LogP contribution in [0.3, 0.4) is 0 Å². The molecule has 0 aromatic heterocycles. The summed E-state index contributed by atoms with van der Waals surface area (Å²) in [6, 6.07) is 5.30. The second-order valence-electron chi connectivity index (χ2n) is 7.62. The van der Waals surface area contributed by atoms with Gasteiger partial charge in [-0.25, -0.2) is 0 Å². The van der Waals surface area contributed by atoms with Gasteiger partial charge in [0.1, 0.15) is 5.75 Å². The Hall–Kier alpha value is -1.54. The van der Waals surface area contributed by atoms with Crippen LogP contribution in [0.15, 0.2) is 18.2 Å². The van der Waals surface area contributed by atoms with E-state index < -0.39 is 0 Å². The maximum absolute atomic E-state index is 12.8. The molecule has 1 aliphatic carbocycles. The SMILES string of the molecule is COc1ccc(C(=O)N2CCN(C)CC2)cc1NC(=O)C1CCCC(N)C1.Cl.Cl. The summed E-state index contributed by atoms with van der Waals surface area (Å²) in [7, 11) is 3.61. The predicted octanol–water partition coefficient (Wildman–Crippen LogP) is 2.38. The van der Waals surface area contributed by atoms with Gasteiger partial charge >= 0.3 is 0 Å². The number of piperazine rings is 1. The van der Waals surface area contributed by atoms with Crippen molar-refractivity contribution in [2.75, 3.05) is 45.7 Å². The van der Waals surface area contributed by atoms with Gasteiger partial charge in [0.25, 0.3) is 5.91 Å². The summed E-state index contributed by atoms with van der Waals surface area (Å²) < 4.78 is 5.38. The van der Waals surface area contributed by atoms with E-state index in [0.717, 1.165) is 32.4 Å². The highest BCUT2D eigenvalue weighted by molar-refractivity contribution is 5.99. The molecule has 2 amide bonds. The number of nitrogens with zero attached hydrogens (tertiary/aromatic N) is 2. The van der Waals surface area contributed by atoms with Crippen LogP contribution in [0.1, 0.15) is 36.0 Å². The van der Waals surface area contributed by atoms with Gasteiger partial charge in [0.15, 0.2) is 0 Å². The lowest BCUT2D eigenvalue weighted by molar-refractivity contribution is -0.120.